The summed E-state index contributed by atoms with van der Waals surface area (Å²) in [5, 5.41) is 3.22. The predicted octanol–water partition coefficient (Wildman–Crippen LogP) is -0.630. The normalized spacial score (nSPS) is 24.3. The van der Waals surface area contributed by atoms with Crippen molar-refractivity contribution in [3.8, 4) is 12.3 Å². The van der Waals surface area contributed by atoms with Crippen molar-refractivity contribution in [1.29, 1.82) is 0 Å². The molecule has 1 heterocycles. The Bertz CT molecular complexity index is 269. The van der Waals surface area contributed by atoms with Crippen molar-refractivity contribution >= 4 is 5.91 Å². The van der Waals surface area contributed by atoms with Crippen LogP contribution in [-0.4, -0.2) is 61.5 Å². The molecule has 1 saturated heterocycles. The first-order chi connectivity index (χ1) is 7.07. The maximum Gasteiger partial charge on any atom is 0.240 e. The average molecular weight is 209 g/mol. The highest BCUT2D eigenvalue weighted by Gasteiger charge is 2.31. The maximum atomic E-state index is 11.9. The molecule has 1 rings (SSSR count). The summed E-state index contributed by atoms with van der Waals surface area (Å²) in [6, 6.07) is -0.110. The number of nitrogens with zero attached hydrogens (tertiary/aromatic N) is 2. The summed E-state index contributed by atoms with van der Waals surface area (Å²) in [6.07, 6.45) is 5.40. The first kappa shape index (κ1) is 12.0. The Hall–Kier alpha value is -1.05. The molecule has 0 aromatic carbocycles. The molecule has 0 aromatic heterocycles. The summed E-state index contributed by atoms with van der Waals surface area (Å²) in [7, 11) is 3.55. The zero-order valence-electron chi connectivity index (χ0n) is 9.66. The second-order valence-electron chi connectivity index (χ2n) is 4.03. The number of likely N-dealkylation sites (N-methyl/N-ethyl adjacent to an activating group) is 1. The molecule has 2 unspecified atom stereocenters. The van der Waals surface area contributed by atoms with Crippen LogP contribution in [0, 0.1) is 12.3 Å². The van der Waals surface area contributed by atoms with Crippen LogP contribution < -0.4 is 5.32 Å². The lowest BCUT2D eigenvalue weighted by atomic mass is 10.1. The predicted molar refractivity (Wildman–Crippen MR) is 60.4 cm³/mol. The highest BCUT2D eigenvalue weighted by molar-refractivity contribution is 5.81. The quantitative estimate of drug-likeness (QED) is 0.615. The first-order valence-corrected chi connectivity index (χ1v) is 5.21. The van der Waals surface area contributed by atoms with Crippen molar-refractivity contribution in [2.45, 2.75) is 19.0 Å². The van der Waals surface area contributed by atoms with Gasteiger partial charge in [-0.05, 0) is 6.92 Å². The van der Waals surface area contributed by atoms with Gasteiger partial charge in [-0.3, -0.25) is 9.69 Å². The largest absolute Gasteiger partial charge is 0.347 e. The van der Waals surface area contributed by atoms with E-state index in [1.54, 1.807) is 19.0 Å². The van der Waals surface area contributed by atoms with Crippen molar-refractivity contribution in [3.63, 3.8) is 0 Å². The topological polar surface area (TPSA) is 35.6 Å². The fraction of sp³-hybridized carbons (Fsp3) is 0.727. The van der Waals surface area contributed by atoms with Crippen LogP contribution in [0.4, 0.5) is 0 Å². The lowest BCUT2D eigenvalue weighted by molar-refractivity contribution is -0.135. The highest BCUT2D eigenvalue weighted by atomic mass is 16.2. The van der Waals surface area contributed by atoms with E-state index in [9.17, 15) is 4.79 Å². The lowest BCUT2D eigenvalue weighted by Gasteiger charge is -2.38. The summed E-state index contributed by atoms with van der Waals surface area (Å²) < 4.78 is 0. The number of nitrogens with one attached hydrogen (secondary N) is 1. The Balaban J connectivity index is 2.74. The number of amides is 1. The minimum absolute atomic E-state index is 0.0148. The Morgan fingerprint density at radius 1 is 1.67 bits per heavy atom. The molecule has 1 aliphatic heterocycles. The minimum Gasteiger partial charge on any atom is -0.347 e. The summed E-state index contributed by atoms with van der Waals surface area (Å²) in [4.78, 5) is 15.6. The third-order valence-corrected chi connectivity index (χ3v) is 2.75. The number of piperazine rings is 1. The van der Waals surface area contributed by atoms with E-state index in [4.69, 9.17) is 6.42 Å². The van der Waals surface area contributed by atoms with Crippen molar-refractivity contribution in [2.24, 2.45) is 0 Å². The van der Waals surface area contributed by atoms with Gasteiger partial charge in [0.25, 0.3) is 0 Å². The number of carbonyl (C=O) groups excluding carboxylic acids is 1. The second-order valence-corrected chi connectivity index (χ2v) is 4.03. The molecule has 0 saturated carbocycles. The zero-order chi connectivity index (χ0) is 11.4. The van der Waals surface area contributed by atoms with Crippen LogP contribution in [0.1, 0.15) is 6.92 Å². The van der Waals surface area contributed by atoms with Crippen LogP contribution in [0.5, 0.6) is 0 Å². The monoisotopic (exact) mass is 209 g/mol. The summed E-state index contributed by atoms with van der Waals surface area (Å²) in [6.45, 7) is 4.36. The molecule has 1 amide bonds. The standard InChI is InChI=1S/C11H19N3O/c1-5-9(2)14-7-6-12-8-10(14)11(15)13(3)4/h1,9-10,12H,6-8H2,2-4H3. The highest BCUT2D eigenvalue weighted by Crippen LogP contribution is 2.09. The first-order valence-electron chi connectivity index (χ1n) is 5.21. The van der Waals surface area contributed by atoms with Crippen molar-refractivity contribution in [2.75, 3.05) is 33.7 Å². The molecule has 1 aliphatic rings. The van der Waals surface area contributed by atoms with Gasteiger partial charge >= 0.3 is 0 Å². The summed E-state index contributed by atoms with van der Waals surface area (Å²) >= 11 is 0. The Morgan fingerprint density at radius 2 is 2.33 bits per heavy atom. The molecule has 2 atom stereocenters. The number of rotatable bonds is 2. The number of carbonyl (C=O) groups is 1. The fourth-order valence-corrected chi connectivity index (χ4v) is 1.81. The van der Waals surface area contributed by atoms with Gasteiger partial charge in [0.15, 0.2) is 0 Å². The molecule has 4 heteroatoms. The average Bonchev–Trinajstić information content (AvgIpc) is 2.27. The Labute approximate surface area is 91.6 Å². The fourth-order valence-electron chi connectivity index (χ4n) is 1.81. The lowest BCUT2D eigenvalue weighted by Crippen LogP contribution is -2.59. The molecule has 0 aromatic rings. The van der Waals surface area contributed by atoms with Gasteiger partial charge in [-0.15, -0.1) is 6.42 Å². The summed E-state index contributed by atoms with van der Waals surface area (Å²) in [5.74, 6) is 2.80. The third-order valence-electron chi connectivity index (χ3n) is 2.75. The van der Waals surface area contributed by atoms with Crippen molar-refractivity contribution < 1.29 is 4.79 Å². The van der Waals surface area contributed by atoms with Gasteiger partial charge in [-0.25, -0.2) is 0 Å². The van der Waals surface area contributed by atoms with Gasteiger partial charge in [-0.1, -0.05) is 5.92 Å². The van der Waals surface area contributed by atoms with E-state index in [0.29, 0.717) is 6.54 Å². The van der Waals surface area contributed by atoms with Gasteiger partial charge in [0.1, 0.15) is 6.04 Å². The van der Waals surface area contributed by atoms with Crippen LogP contribution in [0.15, 0.2) is 0 Å². The summed E-state index contributed by atoms with van der Waals surface area (Å²) in [5.41, 5.74) is 0. The zero-order valence-corrected chi connectivity index (χ0v) is 9.66. The van der Waals surface area contributed by atoms with E-state index in [-0.39, 0.29) is 18.0 Å². The molecule has 4 nitrogen and oxygen atoms in total. The molecule has 0 radical (unpaired) electrons. The molecule has 1 fully saturated rings. The second kappa shape index (κ2) is 5.15. The Kier molecular flexibility index (Phi) is 4.13. The molecule has 15 heavy (non-hydrogen) atoms. The van der Waals surface area contributed by atoms with E-state index in [1.165, 1.54) is 0 Å². The van der Waals surface area contributed by atoms with Crippen molar-refractivity contribution in [1.82, 2.24) is 15.1 Å². The minimum atomic E-state index is -0.125. The van der Waals surface area contributed by atoms with Gasteiger partial charge in [-0.2, -0.15) is 0 Å². The molecule has 0 aliphatic carbocycles. The van der Waals surface area contributed by atoms with Crippen molar-refractivity contribution in [3.05, 3.63) is 0 Å². The van der Waals surface area contributed by atoms with E-state index >= 15 is 0 Å². The van der Waals surface area contributed by atoms with Crippen LogP contribution in [-0.2, 0) is 4.79 Å². The SMILES string of the molecule is C#CC(C)N1CCNCC1C(=O)N(C)C. The number of hydrogen-bond acceptors (Lipinski definition) is 3. The molecular formula is C11H19N3O. The van der Waals surface area contributed by atoms with Crippen LogP contribution in [0.3, 0.4) is 0 Å². The van der Waals surface area contributed by atoms with E-state index in [2.05, 4.69) is 16.1 Å². The third kappa shape index (κ3) is 2.71. The van der Waals surface area contributed by atoms with E-state index < -0.39 is 0 Å². The van der Waals surface area contributed by atoms with Gasteiger partial charge < -0.3 is 10.2 Å². The molecular weight excluding hydrogens is 190 g/mol. The number of terminal acetylenes is 1. The van der Waals surface area contributed by atoms with Crippen LogP contribution in [0.2, 0.25) is 0 Å². The van der Waals surface area contributed by atoms with Crippen LogP contribution >= 0.6 is 0 Å². The molecule has 84 valence electrons. The van der Waals surface area contributed by atoms with E-state index in [1.807, 2.05) is 6.92 Å². The van der Waals surface area contributed by atoms with Gasteiger partial charge in [0, 0.05) is 33.7 Å². The molecule has 1 N–H and O–H groups in total. The molecule has 0 bridgehead atoms. The van der Waals surface area contributed by atoms with E-state index in [0.717, 1.165) is 13.1 Å². The smallest absolute Gasteiger partial charge is 0.240 e. The maximum absolute atomic E-state index is 11.9. The van der Waals surface area contributed by atoms with Gasteiger partial charge in [0.2, 0.25) is 5.91 Å². The van der Waals surface area contributed by atoms with Crippen LogP contribution in [0.25, 0.3) is 0 Å². The Morgan fingerprint density at radius 3 is 2.87 bits per heavy atom. The molecule has 0 spiro atoms. The number of hydrogen-bond donors (Lipinski definition) is 1. The van der Waals surface area contributed by atoms with Gasteiger partial charge in [0.05, 0.1) is 6.04 Å².